The fraction of sp³-hybridized carbons (Fsp3) is 0. The summed E-state index contributed by atoms with van der Waals surface area (Å²) < 4.78 is 27.9. The Labute approximate surface area is 156 Å². The molecule has 3 aromatic carbocycles. The highest BCUT2D eigenvalue weighted by atomic mass is 19.1. The van der Waals surface area contributed by atoms with Crippen LogP contribution in [0.4, 0.5) is 20.2 Å². The number of nitrogens with zero attached hydrogens (tertiary/aromatic N) is 2. The maximum atomic E-state index is 13.6. The molecule has 1 aliphatic heterocycles. The number of fused-ring (bicyclic) bond motifs is 4. The summed E-state index contributed by atoms with van der Waals surface area (Å²) in [6.45, 7) is 0. The van der Waals surface area contributed by atoms with E-state index in [1.54, 1.807) is 30.3 Å². The van der Waals surface area contributed by atoms with Gasteiger partial charge in [-0.25, -0.2) is 13.8 Å². The first kappa shape index (κ1) is 16.3. The Morgan fingerprint density at radius 2 is 1.64 bits per heavy atom. The molecule has 1 aromatic heterocycles. The van der Waals surface area contributed by atoms with E-state index >= 15 is 0 Å². The first-order chi connectivity index (χ1) is 13.5. The number of carbonyl (C=O) groups is 1. The molecule has 1 aliphatic rings. The van der Waals surface area contributed by atoms with Gasteiger partial charge in [0.15, 0.2) is 5.82 Å². The number of hydrogen-bond acceptors (Lipinski definition) is 4. The van der Waals surface area contributed by atoms with Crippen molar-refractivity contribution in [2.24, 2.45) is 0 Å². The Balaban J connectivity index is 1.73. The predicted octanol–water partition coefficient (Wildman–Crippen LogP) is 3.95. The van der Waals surface area contributed by atoms with Gasteiger partial charge in [0.25, 0.3) is 5.56 Å². The zero-order chi connectivity index (χ0) is 19.4. The second kappa shape index (κ2) is 5.82. The van der Waals surface area contributed by atoms with E-state index in [0.717, 1.165) is 6.07 Å². The smallest absolute Gasteiger partial charge is 0.266 e. The second-order valence-electron chi connectivity index (χ2n) is 6.40. The van der Waals surface area contributed by atoms with Gasteiger partial charge in [0.2, 0.25) is 5.78 Å². The van der Waals surface area contributed by atoms with Gasteiger partial charge >= 0.3 is 0 Å². The van der Waals surface area contributed by atoms with Crippen LogP contribution in [0.2, 0.25) is 0 Å². The number of anilines is 2. The largest absolute Gasteiger partial charge is 0.354 e. The van der Waals surface area contributed by atoms with Crippen molar-refractivity contribution >= 4 is 28.1 Å². The minimum Gasteiger partial charge on any atom is -0.354 e. The molecule has 4 aromatic rings. The Morgan fingerprint density at radius 1 is 0.893 bits per heavy atom. The number of nitrogens with one attached hydrogen (secondary N) is 1. The number of ketones is 1. The van der Waals surface area contributed by atoms with Gasteiger partial charge in [0.1, 0.15) is 17.2 Å². The van der Waals surface area contributed by atoms with Crippen molar-refractivity contribution in [3.63, 3.8) is 0 Å². The number of benzene rings is 3. The Bertz CT molecular complexity index is 1340. The van der Waals surface area contributed by atoms with Crippen LogP contribution in [0.3, 0.4) is 0 Å². The van der Waals surface area contributed by atoms with Crippen LogP contribution >= 0.6 is 0 Å². The quantitative estimate of drug-likeness (QED) is 0.507. The van der Waals surface area contributed by atoms with E-state index in [4.69, 9.17) is 0 Å². The van der Waals surface area contributed by atoms with E-state index in [1.807, 2.05) is 0 Å². The van der Waals surface area contributed by atoms with Crippen molar-refractivity contribution in [1.29, 1.82) is 0 Å². The van der Waals surface area contributed by atoms with Crippen molar-refractivity contribution in [2.45, 2.75) is 0 Å². The summed E-state index contributed by atoms with van der Waals surface area (Å²) >= 11 is 0. The maximum Gasteiger partial charge on any atom is 0.266 e. The maximum absolute atomic E-state index is 13.6. The first-order valence-electron chi connectivity index (χ1n) is 8.46. The van der Waals surface area contributed by atoms with E-state index in [9.17, 15) is 18.4 Å². The molecule has 7 heteroatoms. The van der Waals surface area contributed by atoms with Crippen LogP contribution in [0.1, 0.15) is 16.2 Å². The average Bonchev–Trinajstić information content (AvgIpc) is 2.96. The highest BCUT2D eigenvalue weighted by Gasteiger charge is 2.31. The number of aromatic nitrogens is 2. The van der Waals surface area contributed by atoms with Crippen molar-refractivity contribution in [3.8, 4) is 5.69 Å². The fourth-order valence-electron chi connectivity index (χ4n) is 3.38. The highest BCUT2D eigenvalue weighted by molar-refractivity contribution is 6.13. The van der Waals surface area contributed by atoms with Gasteiger partial charge in [-0.15, -0.1) is 0 Å². The summed E-state index contributed by atoms with van der Waals surface area (Å²) in [5.41, 5.74) is 1.42. The lowest BCUT2D eigenvalue weighted by Crippen LogP contribution is -2.21. The van der Waals surface area contributed by atoms with Gasteiger partial charge < -0.3 is 5.32 Å². The third-order valence-electron chi connectivity index (χ3n) is 4.67. The zero-order valence-corrected chi connectivity index (χ0v) is 14.2. The number of halogens is 2. The molecule has 0 unspecified atom stereocenters. The van der Waals surface area contributed by atoms with Crippen LogP contribution in [-0.4, -0.2) is 15.3 Å². The summed E-state index contributed by atoms with van der Waals surface area (Å²) in [7, 11) is 0. The summed E-state index contributed by atoms with van der Waals surface area (Å²) in [5, 5.41) is 3.40. The molecule has 2 heterocycles. The van der Waals surface area contributed by atoms with Crippen LogP contribution in [0.15, 0.2) is 65.5 Å². The zero-order valence-electron chi connectivity index (χ0n) is 14.2. The van der Waals surface area contributed by atoms with E-state index in [0.29, 0.717) is 28.0 Å². The lowest BCUT2D eigenvalue weighted by atomic mass is 10.1. The van der Waals surface area contributed by atoms with Gasteiger partial charge in [-0.1, -0.05) is 6.07 Å². The molecular formula is C21H11F2N3O2. The van der Waals surface area contributed by atoms with Crippen LogP contribution in [0.25, 0.3) is 16.6 Å². The van der Waals surface area contributed by atoms with Crippen molar-refractivity contribution < 1.29 is 13.6 Å². The molecule has 0 spiro atoms. The molecule has 136 valence electrons. The summed E-state index contributed by atoms with van der Waals surface area (Å²) in [4.78, 5) is 30.2. The molecule has 1 N–H and O–H groups in total. The van der Waals surface area contributed by atoms with E-state index in [1.165, 1.54) is 28.8 Å². The van der Waals surface area contributed by atoms with Crippen LogP contribution in [0.5, 0.6) is 0 Å². The molecule has 0 atom stereocenters. The van der Waals surface area contributed by atoms with Gasteiger partial charge in [0, 0.05) is 5.69 Å². The summed E-state index contributed by atoms with van der Waals surface area (Å²) in [6, 6.07) is 14.4. The van der Waals surface area contributed by atoms with Crippen LogP contribution < -0.4 is 10.9 Å². The lowest BCUT2D eigenvalue weighted by molar-refractivity contribution is 0.103. The molecule has 0 bridgehead atoms. The third kappa shape index (κ3) is 2.33. The van der Waals surface area contributed by atoms with Crippen molar-refractivity contribution in [1.82, 2.24) is 9.55 Å². The fourth-order valence-corrected chi connectivity index (χ4v) is 3.38. The molecule has 5 nitrogen and oxygen atoms in total. The number of hydrogen-bond donors (Lipinski definition) is 1. The van der Waals surface area contributed by atoms with Crippen molar-refractivity contribution in [3.05, 3.63) is 94.0 Å². The van der Waals surface area contributed by atoms with Crippen LogP contribution in [0, 0.1) is 11.6 Å². The minimum atomic E-state index is -0.559. The highest BCUT2D eigenvalue weighted by Crippen LogP contribution is 2.29. The SMILES string of the molecule is O=C1c2cc(F)ccc2-n2c1nc1c(Nc3ccc(F)cc3)cccc1c2=O. The molecule has 5 rings (SSSR count). The normalized spacial score (nSPS) is 12.1. The van der Waals surface area contributed by atoms with Gasteiger partial charge in [0.05, 0.1) is 22.3 Å². The Morgan fingerprint density at radius 3 is 2.43 bits per heavy atom. The standard InChI is InChI=1S/C21H11F2N3O2/c22-11-4-7-13(8-5-11)24-16-3-1-2-14-18(16)25-20-19(27)15-10-12(23)6-9-17(15)26(20)21(14)28/h1-10,24H. The summed E-state index contributed by atoms with van der Waals surface area (Å²) in [5.74, 6) is -1.50. The number of carbonyl (C=O) groups excluding carboxylic acids is 1. The van der Waals surface area contributed by atoms with Gasteiger partial charge in [-0.05, 0) is 54.6 Å². The predicted molar refractivity (Wildman–Crippen MR) is 100 cm³/mol. The van der Waals surface area contributed by atoms with Crippen LogP contribution in [-0.2, 0) is 0 Å². The minimum absolute atomic E-state index is 0.0635. The molecule has 28 heavy (non-hydrogen) atoms. The second-order valence-corrected chi connectivity index (χ2v) is 6.40. The molecule has 0 aliphatic carbocycles. The third-order valence-corrected chi connectivity index (χ3v) is 4.67. The molecule has 0 amide bonds. The first-order valence-corrected chi connectivity index (χ1v) is 8.46. The average molecular weight is 375 g/mol. The topological polar surface area (TPSA) is 64.0 Å². The summed E-state index contributed by atoms with van der Waals surface area (Å²) in [6.07, 6.45) is 0. The monoisotopic (exact) mass is 375 g/mol. The molecule has 0 radical (unpaired) electrons. The molecular weight excluding hydrogens is 364 g/mol. The molecule has 0 fully saturated rings. The van der Waals surface area contributed by atoms with E-state index < -0.39 is 17.2 Å². The van der Waals surface area contributed by atoms with Crippen molar-refractivity contribution in [2.75, 3.05) is 5.32 Å². The number of para-hydroxylation sites is 1. The molecule has 0 saturated heterocycles. The van der Waals surface area contributed by atoms with E-state index in [2.05, 4.69) is 10.3 Å². The van der Waals surface area contributed by atoms with Gasteiger partial charge in [-0.3, -0.25) is 14.2 Å². The van der Waals surface area contributed by atoms with E-state index in [-0.39, 0.29) is 17.2 Å². The number of rotatable bonds is 2. The molecule has 0 saturated carbocycles. The Hall–Kier alpha value is -3.87. The Kier molecular flexibility index (Phi) is 3.39. The lowest BCUT2D eigenvalue weighted by Gasteiger charge is -2.11. The van der Waals surface area contributed by atoms with Gasteiger partial charge in [-0.2, -0.15) is 0 Å².